The van der Waals surface area contributed by atoms with E-state index < -0.39 is 5.41 Å². The van der Waals surface area contributed by atoms with Gasteiger partial charge in [0.15, 0.2) is 6.79 Å². The van der Waals surface area contributed by atoms with Crippen molar-refractivity contribution in [2.75, 3.05) is 6.79 Å². The van der Waals surface area contributed by atoms with Crippen LogP contribution in [0.1, 0.15) is 77.6 Å². The van der Waals surface area contributed by atoms with Gasteiger partial charge >= 0.3 is 11.9 Å². The predicted octanol–water partition coefficient (Wildman–Crippen LogP) is 4.79. The van der Waals surface area contributed by atoms with E-state index in [1.54, 1.807) is 6.92 Å². The number of ether oxygens (including phenoxy) is 3. The van der Waals surface area contributed by atoms with E-state index in [9.17, 15) is 9.59 Å². The minimum Gasteiger partial charge on any atom is -0.458 e. The molecule has 0 radical (unpaired) electrons. The van der Waals surface area contributed by atoms with Crippen LogP contribution in [0.5, 0.6) is 0 Å². The van der Waals surface area contributed by atoms with Crippen molar-refractivity contribution in [1.29, 1.82) is 0 Å². The van der Waals surface area contributed by atoms with Crippen LogP contribution in [0.4, 0.5) is 0 Å². The molecule has 8 fully saturated rings. The molecule has 31 heavy (non-hydrogen) atoms. The van der Waals surface area contributed by atoms with Crippen molar-refractivity contribution in [3.8, 4) is 0 Å². The molecule has 0 amide bonds. The molecule has 5 nitrogen and oxygen atoms in total. The van der Waals surface area contributed by atoms with E-state index in [0.29, 0.717) is 11.5 Å². The van der Waals surface area contributed by atoms with Gasteiger partial charge in [-0.15, -0.1) is 0 Å². The number of hydrogen-bond donors (Lipinski definition) is 0. The largest absolute Gasteiger partial charge is 0.458 e. The van der Waals surface area contributed by atoms with Gasteiger partial charge in [-0.25, -0.2) is 4.79 Å². The smallest absolute Gasteiger partial charge is 0.333 e. The Hall–Kier alpha value is -1.36. The molecule has 8 rings (SSSR count). The quantitative estimate of drug-likeness (QED) is 0.346. The van der Waals surface area contributed by atoms with Gasteiger partial charge in [-0.1, -0.05) is 6.58 Å². The first-order chi connectivity index (χ1) is 14.8. The number of rotatable bonds is 6. The minimum absolute atomic E-state index is 0.0294. The van der Waals surface area contributed by atoms with Crippen LogP contribution in [-0.2, 0) is 23.8 Å². The molecule has 170 valence electrons. The second-order valence-corrected chi connectivity index (χ2v) is 12.2. The Balaban J connectivity index is 1.08. The van der Waals surface area contributed by atoms with Crippen molar-refractivity contribution in [3.63, 3.8) is 0 Å². The molecule has 0 N–H and O–H groups in total. The molecule has 8 aliphatic rings. The minimum atomic E-state index is -0.395. The van der Waals surface area contributed by atoms with Crippen molar-refractivity contribution in [3.05, 3.63) is 12.2 Å². The highest BCUT2D eigenvalue weighted by atomic mass is 16.7. The van der Waals surface area contributed by atoms with Crippen LogP contribution in [-0.4, -0.2) is 30.4 Å². The molecule has 0 aromatic carbocycles. The van der Waals surface area contributed by atoms with E-state index in [2.05, 4.69) is 6.58 Å². The molecule has 2 atom stereocenters. The van der Waals surface area contributed by atoms with Crippen LogP contribution in [0.15, 0.2) is 12.2 Å². The standard InChI is InChI=1S/C26H36O5/c1-15(2)23(27)31-22-20-6-19-7-21(22)13-25(8-19,12-20)24(28)29-14-30-26-9-16-3-17(10-26)5-18(4-16)11-26/h16-22H,1,3-14H2,2H3. The van der Waals surface area contributed by atoms with Crippen LogP contribution in [0.3, 0.4) is 0 Å². The fourth-order valence-corrected chi connectivity index (χ4v) is 9.21. The molecular formula is C26H36O5. The maximum Gasteiger partial charge on any atom is 0.333 e. The van der Waals surface area contributed by atoms with E-state index in [1.807, 2.05) is 0 Å². The first-order valence-electron chi connectivity index (χ1n) is 12.5. The normalized spacial score (nSPS) is 48.6. The van der Waals surface area contributed by atoms with Gasteiger partial charge in [0, 0.05) is 5.57 Å². The van der Waals surface area contributed by atoms with Gasteiger partial charge in [-0.3, -0.25) is 4.79 Å². The highest BCUT2D eigenvalue weighted by Gasteiger charge is 2.60. The number of carbonyl (C=O) groups is 2. The van der Waals surface area contributed by atoms with Gasteiger partial charge in [0.05, 0.1) is 11.0 Å². The molecule has 8 saturated carbocycles. The molecule has 0 saturated heterocycles. The first-order valence-corrected chi connectivity index (χ1v) is 12.5. The van der Waals surface area contributed by atoms with E-state index in [4.69, 9.17) is 14.2 Å². The Morgan fingerprint density at radius 2 is 1.39 bits per heavy atom. The van der Waals surface area contributed by atoms with Crippen molar-refractivity contribution in [2.24, 2.45) is 40.9 Å². The van der Waals surface area contributed by atoms with Crippen LogP contribution in [0, 0.1) is 40.9 Å². The first kappa shape index (κ1) is 20.3. The molecule has 2 unspecified atom stereocenters. The molecule has 0 aromatic rings. The zero-order valence-corrected chi connectivity index (χ0v) is 18.8. The van der Waals surface area contributed by atoms with E-state index in [0.717, 1.165) is 69.1 Å². The van der Waals surface area contributed by atoms with Gasteiger partial charge in [0.25, 0.3) is 0 Å². The number of esters is 2. The summed E-state index contributed by atoms with van der Waals surface area (Å²) in [5.41, 5.74) is 0.0241. The summed E-state index contributed by atoms with van der Waals surface area (Å²) in [5, 5.41) is 0. The highest BCUT2D eigenvalue weighted by molar-refractivity contribution is 5.87. The zero-order chi connectivity index (χ0) is 21.4. The Morgan fingerprint density at radius 3 is 1.94 bits per heavy atom. The van der Waals surface area contributed by atoms with Crippen molar-refractivity contribution in [2.45, 2.75) is 89.3 Å². The highest BCUT2D eigenvalue weighted by Crippen LogP contribution is 2.61. The summed E-state index contributed by atoms with van der Waals surface area (Å²) in [4.78, 5) is 25.4. The third kappa shape index (κ3) is 3.37. The summed E-state index contributed by atoms with van der Waals surface area (Å²) in [7, 11) is 0. The Bertz CT molecular complexity index is 748. The fraction of sp³-hybridized carbons (Fsp3) is 0.846. The summed E-state index contributed by atoms with van der Waals surface area (Å²) in [6.45, 7) is 5.53. The lowest BCUT2D eigenvalue weighted by Crippen LogP contribution is -2.57. The summed E-state index contributed by atoms with van der Waals surface area (Å²) in [5.74, 6) is 3.20. The second kappa shape index (κ2) is 7.07. The summed E-state index contributed by atoms with van der Waals surface area (Å²) < 4.78 is 18.0. The van der Waals surface area contributed by atoms with Gasteiger partial charge in [0.1, 0.15) is 6.10 Å². The number of hydrogen-bond acceptors (Lipinski definition) is 5. The number of carbonyl (C=O) groups excluding carboxylic acids is 2. The Labute approximate surface area is 185 Å². The molecule has 0 heterocycles. The van der Waals surface area contributed by atoms with Crippen molar-refractivity contribution in [1.82, 2.24) is 0 Å². The van der Waals surface area contributed by atoms with E-state index in [1.165, 1.54) is 19.3 Å². The Kier molecular flexibility index (Phi) is 4.62. The van der Waals surface area contributed by atoms with Crippen LogP contribution in [0.25, 0.3) is 0 Å². The average molecular weight is 429 g/mol. The zero-order valence-electron chi connectivity index (χ0n) is 18.8. The molecule has 8 bridgehead atoms. The SMILES string of the molecule is C=C(C)C(=O)OC1C2CC3CC1CC(C(=O)OCOC14CC5CC(CC(C5)C1)C4)(C3)C2. The lowest BCUT2D eigenvalue weighted by molar-refractivity contribution is -0.225. The molecule has 0 aromatic heterocycles. The summed E-state index contributed by atoms with van der Waals surface area (Å²) in [6.07, 6.45) is 12.2. The molecule has 5 heteroatoms. The van der Waals surface area contributed by atoms with E-state index >= 15 is 0 Å². The van der Waals surface area contributed by atoms with Gasteiger partial charge in [-0.2, -0.15) is 0 Å². The van der Waals surface area contributed by atoms with Gasteiger partial charge < -0.3 is 14.2 Å². The molecular weight excluding hydrogens is 392 g/mol. The van der Waals surface area contributed by atoms with Crippen LogP contribution >= 0.6 is 0 Å². The summed E-state index contributed by atoms with van der Waals surface area (Å²) in [6, 6.07) is 0. The fourth-order valence-electron chi connectivity index (χ4n) is 9.21. The van der Waals surface area contributed by atoms with Gasteiger partial charge in [0.2, 0.25) is 0 Å². The Morgan fingerprint density at radius 1 is 0.839 bits per heavy atom. The average Bonchev–Trinajstić information content (AvgIpc) is 2.68. The predicted molar refractivity (Wildman–Crippen MR) is 114 cm³/mol. The van der Waals surface area contributed by atoms with Crippen LogP contribution in [0.2, 0.25) is 0 Å². The molecule has 8 aliphatic carbocycles. The second-order valence-electron chi connectivity index (χ2n) is 12.2. The van der Waals surface area contributed by atoms with Crippen molar-refractivity contribution >= 4 is 11.9 Å². The third-order valence-corrected chi connectivity index (χ3v) is 9.75. The lowest BCUT2D eigenvalue weighted by Gasteiger charge is -2.58. The molecule has 0 spiro atoms. The molecule has 0 aliphatic heterocycles. The van der Waals surface area contributed by atoms with Crippen LogP contribution < -0.4 is 0 Å². The maximum atomic E-state index is 13.3. The summed E-state index contributed by atoms with van der Waals surface area (Å²) >= 11 is 0. The monoisotopic (exact) mass is 428 g/mol. The topological polar surface area (TPSA) is 61.8 Å². The lowest BCUT2D eigenvalue weighted by atomic mass is 9.48. The van der Waals surface area contributed by atoms with Crippen molar-refractivity contribution < 1.29 is 23.8 Å². The third-order valence-electron chi connectivity index (χ3n) is 9.75. The maximum absolute atomic E-state index is 13.3. The van der Waals surface area contributed by atoms with Gasteiger partial charge in [-0.05, 0) is 113 Å². The van der Waals surface area contributed by atoms with E-state index in [-0.39, 0.29) is 42.3 Å².